The quantitative estimate of drug-likeness (QED) is 0.675. The molecule has 1 aliphatic rings. The van der Waals surface area contributed by atoms with Crippen LogP contribution in [0.3, 0.4) is 0 Å². The van der Waals surface area contributed by atoms with Gasteiger partial charge in [0.25, 0.3) is 0 Å². The maximum atomic E-state index is 11.4. The van der Waals surface area contributed by atoms with E-state index in [0.29, 0.717) is 0 Å². The van der Waals surface area contributed by atoms with E-state index in [2.05, 4.69) is 4.74 Å². The minimum absolute atomic E-state index is 0.0198. The van der Waals surface area contributed by atoms with Gasteiger partial charge in [-0.05, 0) is 12.8 Å². The van der Waals surface area contributed by atoms with Crippen molar-refractivity contribution < 1.29 is 27.9 Å². The highest BCUT2D eigenvalue weighted by Gasteiger charge is 2.38. The molecule has 2 unspecified atom stereocenters. The third-order valence-electron chi connectivity index (χ3n) is 2.79. The fraction of sp³-hybridized carbons (Fsp3) is 0.778. The number of carbonyl (C=O) groups is 2. The number of sulfone groups is 1. The SMILES string of the molecule is COC(=O)C1CCS(=O)(=O)CCC1C(=O)O. The highest BCUT2D eigenvalue weighted by Crippen LogP contribution is 2.26. The van der Waals surface area contributed by atoms with Gasteiger partial charge in [0.05, 0.1) is 30.5 Å². The van der Waals surface area contributed by atoms with E-state index in [0.717, 1.165) is 0 Å². The van der Waals surface area contributed by atoms with Gasteiger partial charge in [-0.2, -0.15) is 0 Å². The Morgan fingerprint density at radius 1 is 1.19 bits per heavy atom. The topological polar surface area (TPSA) is 97.7 Å². The van der Waals surface area contributed by atoms with Crippen molar-refractivity contribution in [2.45, 2.75) is 12.8 Å². The average Bonchev–Trinajstić information content (AvgIpc) is 2.35. The molecule has 1 heterocycles. The van der Waals surface area contributed by atoms with Crippen LogP contribution < -0.4 is 0 Å². The Morgan fingerprint density at radius 2 is 1.69 bits per heavy atom. The van der Waals surface area contributed by atoms with Crippen molar-refractivity contribution in [1.82, 2.24) is 0 Å². The van der Waals surface area contributed by atoms with Crippen LogP contribution in [0, 0.1) is 11.8 Å². The molecule has 0 aliphatic carbocycles. The summed E-state index contributed by atoms with van der Waals surface area (Å²) in [6.07, 6.45) is -0.0105. The number of hydrogen-bond donors (Lipinski definition) is 1. The molecule has 1 N–H and O–H groups in total. The first-order valence-electron chi connectivity index (χ1n) is 4.88. The molecule has 0 aromatic heterocycles. The Labute approximate surface area is 93.5 Å². The molecule has 7 heteroatoms. The maximum absolute atomic E-state index is 11.4. The number of rotatable bonds is 2. The minimum Gasteiger partial charge on any atom is -0.481 e. The lowest BCUT2D eigenvalue weighted by molar-refractivity contribution is -0.155. The van der Waals surface area contributed by atoms with E-state index in [4.69, 9.17) is 5.11 Å². The summed E-state index contributed by atoms with van der Waals surface area (Å²) < 4.78 is 27.2. The molecule has 0 amide bonds. The number of carbonyl (C=O) groups excluding carboxylic acids is 1. The van der Waals surface area contributed by atoms with Gasteiger partial charge in [-0.3, -0.25) is 9.59 Å². The van der Waals surface area contributed by atoms with Crippen molar-refractivity contribution in [2.24, 2.45) is 11.8 Å². The predicted molar refractivity (Wildman–Crippen MR) is 54.5 cm³/mol. The Morgan fingerprint density at radius 3 is 2.12 bits per heavy atom. The van der Waals surface area contributed by atoms with E-state index in [-0.39, 0.29) is 24.3 Å². The number of aliphatic carboxylic acids is 1. The van der Waals surface area contributed by atoms with E-state index in [1.807, 2.05) is 0 Å². The number of esters is 1. The highest BCUT2D eigenvalue weighted by molar-refractivity contribution is 7.91. The zero-order valence-electron chi connectivity index (χ0n) is 8.88. The van der Waals surface area contributed by atoms with E-state index < -0.39 is 33.6 Å². The molecule has 1 saturated heterocycles. The molecule has 16 heavy (non-hydrogen) atoms. The third-order valence-corrected chi connectivity index (χ3v) is 4.50. The van der Waals surface area contributed by atoms with E-state index >= 15 is 0 Å². The molecule has 0 spiro atoms. The average molecular weight is 250 g/mol. The number of methoxy groups -OCH3 is 1. The van der Waals surface area contributed by atoms with Gasteiger partial charge in [-0.25, -0.2) is 8.42 Å². The van der Waals surface area contributed by atoms with Crippen molar-refractivity contribution >= 4 is 21.8 Å². The summed E-state index contributed by atoms with van der Waals surface area (Å²) in [5.41, 5.74) is 0. The molecule has 0 aromatic carbocycles. The van der Waals surface area contributed by atoms with E-state index in [9.17, 15) is 18.0 Å². The maximum Gasteiger partial charge on any atom is 0.309 e. The van der Waals surface area contributed by atoms with Crippen LogP contribution in [-0.2, 0) is 24.2 Å². The molecule has 1 aliphatic heterocycles. The third kappa shape index (κ3) is 2.94. The highest BCUT2D eigenvalue weighted by atomic mass is 32.2. The largest absolute Gasteiger partial charge is 0.481 e. The number of carboxylic acids is 1. The summed E-state index contributed by atoms with van der Waals surface area (Å²) in [7, 11) is -2.06. The lowest BCUT2D eigenvalue weighted by Gasteiger charge is -2.17. The number of hydrogen-bond acceptors (Lipinski definition) is 5. The molecule has 0 bridgehead atoms. The first kappa shape index (κ1) is 13.0. The second-order valence-electron chi connectivity index (χ2n) is 3.80. The summed E-state index contributed by atoms with van der Waals surface area (Å²) >= 11 is 0. The monoisotopic (exact) mass is 250 g/mol. The van der Waals surface area contributed by atoms with Crippen molar-refractivity contribution in [1.29, 1.82) is 0 Å². The van der Waals surface area contributed by atoms with Gasteiger partial charge in [0, 0.05) is 0 Å². The zero-order chi connectivity index (χ0) is 12.3. The number of ether oxygens (including phenoxy) is 1. The second kappa shape index (κ2) is 4.82. The van der Waals surface area contributed by atoms with Gasteiger partial charge in [0.2, 0.25) is 0 Å². The lowest BCUT2D eigenvalue weighted by atomic mass is 9.88. The molecule has 1 rings (SSSR count). The predicted octanol–water partition coefficient (Wildman–Crippen LogP) is -0.315. The lowest BCUT2D eigenvalue weighted by Crippen LogP contribution is -2.30. The smallest absolute Gasteiger partial charge is 0.309 e. The Balaban J connectivity index is 2.94. The van der Waals surface area contributed by atoms with Gasteiger partial charge in [-0.1, -0.05) is 0 Å². The summed E-state index contributed by atoms with van der Waals surface area (Å²) in [5, 5.41) is 8.95. The molecule has 0 aromatic rings. The molecule has 1 fully saturated rings. The Bertz CT molecular complexity index is 385. The second-order valence-corrected chi connectivity index (χ2v) is 6.11. The summed E-state index contributed by atoms with van der Waals surface area (Å²) in [4.78, 5) is 22.3. The normalized spacial score (nSPS) is 29.1. The summed E-state index contributed by atoms with van der Waals surface area (Å²) in [6.45, 7) is 0. The van der Waals surface area contributed by atoms with E-state index in [1.54, 1.807) is 0 Å². The first-order valence-corrected chi connectivity index (χ1v) is 6.70. The van der Waals surface area contributed by atoms with Crippen molar-refractivity contribution in [3.8, 4) is 0 Å². The Hall–Kier alpha value is -1.11. The van der Waals surface area contributed by atoms with Gasteiger partial charge in [0.15, 0.2) is 0 Å². The van der Waals surface area contributed by atoms with Gasteiger partial charge < -0.3 is 9.84 Å². The molecule has 2 atom stereocenters. The molecule has 92 valence electrons. The van der Waals surface area contributed by atoms with Crippen molar-refractivity contribution in [3.63, 3.8) is 0 Å². The van der Waals surface area contributed by atoms with Gasteiger partial charge in [-0.15, -0.1) is 0 Å². The molecule has 0 saturated carbocycles. The van der Waals surface area contributed by atoms with Crippen LogP contribution in [0.2, 0.25) is 0 Å². The van der Waals surface area contributed by atoms with Crippen LogP contribution >= 0.6 is 0 Å². The van der Waals surface area contributed by atoms with Crippen LogP contribution in [0.4, 0.5) is 0 Å². The van der Waals surface area contributed by atoms with Crippen LogP contribution in [0.5, 0.6) is 0 Å². The molecule has 6 nitrogen and oxygen atoms in total. The van der Waals surface area contributed by atoms with Crippen LogP contribution in [-0.4, -0.2) is 44.1 Å². The standard InChI is InChI=1S/C9H14O6S/c1-15-9(12)7-3-5-16(13,14)4-2-6(7)8(10)11/h6-7H,2-5H2,1H3,(H,10,11). The molecular formula is C9H14O6S. The van der Waals surface area contributed by atoms with Gasteiger partial charge in [0.1, 0.15) is 9.84 Å². The van der Waals surface area contributed by atoms with Gasteiger partial charge >= 0.3 is 11.9 Å². The number of carboxylic acid groups (broad SMARTS) is 1. The van der Waals surface area contributed by atoms with Crippen molar-refractivity contribution in [2.75, 3.05) is 18.6 Å². The van der Waals surface area contributed by atoms with Crippen molar-refractivity contribution in [3.05, 3.63) is 0 Å². The fourth-order valence-electron chi connectivity index (χ4n) is 1.85. The molecular weight excluding hydrogens is 236 g/mol. The van der Waals surface area contributed by atoms with Crippen LogP contribution in [0.15, 0.2) is 0 Å². The summed E-state index contributed by atoms with van der Waals surface area (Å²) in [5.74, 6) is -3.96. The Kier molecular flexibility index (Phi) is 3.90. The van der Waals surface area contributed by atoms with E-state index in [1.165, 1.54) is 7.11 Å². The minimum atomic E-state index is -3.23. The first-order chi connectivity index (χ1) is 7.37. The fourth-order valence-corrected chi connectivity index (χ4v) is 3.28. The van der Waals surface area contributed by atoms with Crippen LogP contribution in [0.1, 0.15) is 12.8 Å². The molecule has 0 radical (unpaired) electrons. The van der Waals surface area contributed by atoms with Crippen LogP contribution in [0.25, 0.3) is 0 Å². The zero-order valence-corrected chi connectivity index (χ0v) is 9.70. The summed E-state index contributed by atoms with van der Waals surface area (Å²) in [6, 6.07) is 0.